The lowest BCUT2D eigenvalue weighted by molar-refractivity contribution is 0.419. The van der Waals surface area contributed by atoms with E-state index in [0.717, 1.165) is 76.5 Å². The van der Waals surface area contributed by atoms with Crippen LogP contribution in [0.1, 0.15) is 18.4 Å². The Kier molecular flexibility index (Phi) is 6.06. The SMILES string of the molecule is COc1cccc2nc(-c3c(N(C)C)ncc(-c4cc(C)cc(F)c4)c3N3CCC(N)CC3)[nH]c12. The van der Waals surface area contributed by atoms with Gasteiger partial charge in [-0.15, -0.1) is 0 Å². The molecule has 0 aliphatic carbocycles. The highest BCUT2D eigenvalue weighted by molar-refractivity contribution is 5.97. The molecule has 2 aromatic heterocycles. The molecule has 3 N–H and O–H groups in total. The summed E-state index contributed by atoms with van der Waals surface area (Å²) in [5.74, 6) is 1.94. The molecule has 35 heavy (non-hydrogen) atoms. The molecule has 0 atom stereocenters. The maximum absolute atomic E-state index is 14.5. The summed E-state index contributed by atoms with van der Waals surface area (Å²) in [6, 6.07) is 11.1. The molecule has 8 heteroatoms. The summed E-state index contributed by atoms with van der Waals surface area (Å²) in [4.78, 5) is 17.6. The third-order valence-electron chi connectivity index (χ3n) is 6.60. The zero-order chi connectivity index (χ0) is 24.7. The molecule has 0 spiro atoms. The summed E-state index contributed by atoms with van der Waals surface area (Å²) in [5.41, 5.74) is 12.3. The van der Waals surface area contributed by atoms with Crippen molar-refractivity contribution in [2.45, 2.75) is 25.8 Å². The van der Waals surface area contributed by atoms with E-state index in [1.807, 2.05) is 56.4 Å². The number of aromatic nitrogens is 3. The molecule has 1 saturated heterocycles. The Hall–Kier alpha value is -3.65. The highest BCUT2D eigenvalue weighted by Gasteiger charge is 2.28. The van der Waals surface area contributed by atoms with Crippen LogP contribution >= 0.6 is 0 Å². The quantitative estimate of drug-likeness (QED) is 0.435. The number of nitrogens with zero attached hydrogens (tertiary/aromatic N) is 4. The predicted molar refractivity (Wildman–Crippen MR) is 140 cm³/mol. The van der Waals surface area contributed by atoms with E-state index < -0.39 is 0 Å². The number of pyridine rings is 1. The Labute approximate surface area is 204 Å². The van der Waals surface area contributed by atoms with Crippen molar-refractivity contribution in [3.8, 4) is 28.3 Å². The summed E-state index contributed by atoms with van der Waals surface area (Å²) < 4.78 is 20.1. The predicted octanol–water partition coefficient (Wildman–Crippen LogP) is 4.74. The van der Waals surface area contributed by atoms with E-state index in [0.29, 0.717) is 5.82 Å². The molecule has 1 aliphatic rings. The summed E-state index contributed by atoms with van der Waals surface area (Å²) in [6.45, 7) is 3.51. The average Bonchev–Trinajstić information content (AvgIpc) is 3.27. The van der Waals surface area contributed by atoms with Gasteiger partial charge in [0.15, 0.2) is 0 Å². The molecular formula is C27H31FN6O. The molecular weight excluding hydrogens is 443 g/mol. The molecule has 1 aliphatic heterocycles. The number of ether oxygens (including phenoxy) is 1. The van der Waals surface area contributed by atoms with Crippen LogP contribution in [0, 0.1) is 12.7 Å². The first-order chi connectivity index (χ1) is 16.9. The fraction of sp³-hybridized carbons (Fsp3) is 0.333. The molecule has 0 saturated carbocycles. The fourth-order valence-corrected chi connectivity index (χ4v) is 4.90. The van der Waals surface area contributed by atoms with Gasteiger partial charge in [0.05, 0.1) is 23.9 Å². The molecule has 0 unspecified atom stereocenters. The number of halogens is 1. The van der Waals surface area contributed by atoms with Crippen LogP contribution in [-0.4, -0.2) is 55.3 Å². The Morgan fingerprint density at radius 1 is 1.17 bits per heavy atom. The molecule has 182 valence electrons. The number of para-hydroxylation sites is 1. The lowest BCUT2D eigenvalue weighted by Crippen LogP contribution is -2.40. The maximum Gasteiger partial charge on any atom is 0.144 e. The maximum atomic E-state index is 14.5. The summed E-state index contributed by atoms with van der Waals surface area (Å²) in [5, 5.41) is 0. The largest absolute Gasteiger partial charge is 0.494 e. The van der Waals surface area contributed by atoms with Gasteiger partial charge in [0.2, 0.25) is 0 Å². The van der Waals surface area contributed by atoms with Crippen molar-refractivity contribution in [2.24, 2.45) is 5.73 Å². The number of benzene rings is 2. The number of imidazole rings is 1. The Bertz CT molecular complexity index is 1350. The van der Waals surface area contributed by atoms with E-state index in [9.17, 15) is 4.39 Å². The zero-order valence-corrected chi connectivity index (χ0v) is 20.6. The second-order valence-corrected chi connectivity index (χ2v) is 9.40. The molecule has 1 fully saturated rings. The minimum Gasteiger partial charge on any atom is -0.494 e. The van der Waals surface area contributed by atoms with Gasteiger partial charge in [-0.05, 0) is 55.2 Å². The molecule has 2 aromatic carbocycles. The first kappa shape index (κ1) is 23.1. The standard InChI is InChI=1S/C27H31FN6O/c1-16-12-17(14-18(28)13-16)20-15-30-27(33(2)3)23(25(20)34-10-8-19(29)9-11-34)26-31-21-6-5-7-22(35-4)24(21)32-26/h5-7,12-15,19H,8-11,29H2,1-4H3,(H,31,32). The molecule has 0 radical (unpaired) electrons. The van der Waals surface area contributed by atoms with Crippen molar-refractivity contribution in [1.29, 1.82) is 0 Å². The number of aryl methyl sites for hydroxylation is 1. The number of H-pyrrole nitrogens is 1. The van der Waals surface area contributed by atoms with Crippen molar-refractivity contribution in [2.75, 3.05) is 44.1 Å². The van der Waals surface area contributed by atoms with Crippen molar-refractivity contribution < 1.29 is 9.13 Å². The Morgan fingerprint density at radius 3 is 2.63 bits per heavy atom. The van der Waals surface area contributed by atoms with Crippen molar-refractivity contribution in [3.05, 3.63) is 54.0 Å². The van der Waals surface area contributed by atoms with Crippen molar-refractivity contribution in [1.82, 2.24) is 15.0 Å². The number of hydrogen-bond donors (Lipinski definition) is 2. The van der Waals surface area contributed by atoms with Gasteiger partial charge >= 0.3 is 0 Å². The van der Waals surface area contributed by atoms with Gasteiger partial charge in [0, 0.05) is 45.0 Å². The minimum absolute atomic E-state index is 0.181. The third kappa shape index (κ3) is 4.30. The third-order valence-corrected chi connectivity index (χ3v) is 6.60. The Morgan fingerprint density at radius 2 is 1.94 bits per heavy atom. The number of nitrogens with one attached hydrogen (secondary N) is 1. The molecule has 0 bridgehead atoms. The fourth-order valence-electron chi connectivity index (χ4n) is 4.90. The van der Waals surface area contributed by atoms with Gasteiger partial charge in [-0.3, -0.25) is 0 Å². The van der Waals surface area contributed by atoms with E-state index in [1.165, 1.54) is 6.07 Å². The molecule has 3 heterocycles. The minimum atomic E-state index is -0.265. The number of methoxy groups -OCH3 is 1. The van der Waals surface area contributed by atoms with E-state index in [2.05, 4.69) is 9.88 Å². The number of nitrogens with two attached hydrogens (primary N) is 1. The van der Waals surface area contributed by atoms with Gasteiger partial charge in [-0.1, -0.05) is 12.1 Å². The van der Waals surface area contributed by atoms with Crippen LogP contribution in [0.3, 0.4) is 0 Å². The first-order valence-electron chi connectivity index (χ1n) is 11.9. The second-order valence-electron chi connectivity index (χ2n) is 9.40. The summed E-state index contributed by atoms with van der Waals surface area (Å²) in [6.07, 6.45) is 3.61. The van der Waals surface area contributed by atoms with Crippen molar-refractivity contribution >= 4 is 22.5 Å². The van der Waals surface area contributed by atoms with E-state index in [1.54, 1.807) is 13.2 Å². The highest BCUT2D eigenvalue weighted by Crippen LogP contribution is 2.44. The molecule has 4 aromatic rings. The van der Waals surface area contributed by atoms with E-state index in [-0.39, 0.29) is 11.9 Å². The highest BCUT2D eigenvalue weighted by atomic mass is 19.1. The number of anilines is 2. The number of hydrogen-bond acceptors (Lipinski definition) is 6. The van der Waals surface area contributed by atoms with Crippen LogP contribution in [-0.2, 0) is 0 Å². The van der Waals surface area contributed by atoms with Crippen LogP contribution in [0.5, 0.6) is 5.75 Å². The van der Waals surface area contributed by atoms with Crippen molar-refractivity contribution in [3.63, 3.8) is 0 Å². The number of aromatic amines is 1. The molecule has 0 amide bonds. The van der Waals surface area contributed by atoms with Crippen LogP contribution in [0.2, 0.25) is 0 Å². The summed E-state index contributed by atoms with van der Waals surface area (Å²) >= 11 is 0. The van der Waals surface area contributed by atoms with E-state index in [4.69, 9.17) is 20.4 Å². The normalized spacial score (nSPS) is 14.5. The lowest BCUT2D eigenvalue weighted by Gasteiger charge is -2.35. The number of piperidine rings is 1. The van der Waals surface area contributed by atoms with E-state index >= 15 is 0 Å². The first-order valence-corrected chi connectivity index (χ1v) is 11.9. The van der Waals surface area contributed by atoms with Crippen LogP contribution in [0.15, 0.2) is 42.6 Å². The lowest BCUT2D eigenvalue weighted by atomic mass is 9.96. The Balaban J connectivity index is 1.82. The molecule has 5 rings (SSSR count). The smallest absolute Gasteiger partial charge is 0.144 e. The van der Waals surface area contributed by atoms with Gasteiger partial charge in [0.25, 0.3) is 0 Å². The average molecular weight is 475 g/mol. The monoisotopic (exact) mass is 474 g/mol. The van der Waals surface area contributed by atoms with Gasteiger partial charge in [-0.2, -0.15) is 0 Å². The van der Waals surface area contributed by atoms with Gasteiger partial charge in [-0.25, -0.2) is 14.4 Å². The summed E-state index contributed by atoms with van der Waals surface area (Å²) in [7, 11) is 5.59. The van der Waals surface area contributed by atoms with Gasteiger partial charge in [0.1, 0.15) is 28.7 Å². The van der Waals surface area contributed by atoms with Crippen LogP contribution < -0.4 is 20.3 Å². The van der Waals surface area contributed by atoms with Gasteiger partial charge < -0.3 is 25.3 Å². The number of fused-ring (bicyclic) bond motifs is 1. The molecule has 7 nitrogen and oxygen atoms in total. The number of rotatable bonds is 5. The topological polar surface area (TPSA) is 83.3 Å². The zero-order valence-electron chi connectivity index (χ0n) is 20.6. The van der Waals surface area contributed by atoms with Crippen LogP contribution in [0.25, 0.3) is 33.5 Å². The second kappa shape index (κ2) is 9.19. The van der Waals surface area contributed by atoms with Crippen LogP contribution in [0.4, 0.5) is 15.9 Å².